The van der Waals surface area contributed by atoms with Gasteiger partial charge in [0.1, 0.15) is 12.3 Å². The molecule has 3 fully saturated rings. The molecule has 1 aromatic heterocycles. The summed E-state index contributed by atoms with van der Waals surface area (Å²) in [5, 5.41) is 4.50. The van der Waals surface area contributed by atoms with Gasteiger partial charge in [-0.3, -0.25) is 14.3 Å². The second kappa shape index (κ2) is 13.6. The molecule has 2 N–H and O–H groups in total. The zero-order valence-electron chi connectivity index (χ0n) is 29.8. The minimum absolute atomic E-state index is 0.0109. The number of nitrogens with zero attached hydrogens (tertiary/aromatic N) is 5. The topological polar surface area (TPSA) is 119 Å². The number of fused-ring (bicyclic) bond motifs is 7. The van der Waals surface area contributed by atoms with Crippen molar-refractivity contribution in [3.63, 3.8) is 0 Å². The molecule has 50 heavy (non-hydrogen) atoms. The first-order valence-electron chi connectivity index (χ1n) is 17.7. The van der Waals surface area contributed by atoms with Gasteiger partial charge in [-0.2, -0.15) is 0 Å². The predicted octanol–water partition coefficient (Wildman–Crippen LogP) is 3.89. The third-order valence-corrected chi connectivity index (χ3v) is 12.3. The molecule has 2 aromatic carbocycles. The summed E-state index contributed by atoms with van der Waals surface area (Å²) in [6.45, 7) is 3.48. The van der Waals surface area contributed by atoms with Crippen molar-refractivity contribution in [3.8, 4) is 17.0 Å². The van der Waals surface area contributed by atoms with Crippen molar-refractivity contribution in [2.45, 2.75) is 62.4 Å². The zero-order chi connectivity index (χ0) is 35.3. The molecule has 0 spiro atoms. The monoisotopic (exact) mass is 703 g/mol. The quantitative estimate of drug-likeness (QED) is 0.368. The molecule has 3 unspecified atom stereocenters. The van der Waals surface area contributed by atoms with Crippen LogP contribution in [0.2, 0.25) is 0 Å². The SMILES string of the molecule is COc1ccc2c(c1)C1CC1(NC(=O)N(C)CC(=O)N1CCN(C)CC1)Cn1c-2c(C2CCCCC2)c2ccc(C(=O)NS(=O)N(C)C)cc21. The number of aromatic nitrogens is 1. The van der Waals surface area contributed by atoms with Gasteiger partial charge in [0.25, 0.3) is 5.91 Å². The van der Waals surface area contributed by atoms with Gasteiger partial charge in [-0.05, 0) is 73.7 Å². The van der Waals surface area contributed by atoms with Crippen LogP contribution in [0.5, 0.6) is 5.75 Å². The van der Waals surface area contributed by atoms with Gasteiger partial charge in [0, 0.05) is 81.8 Å². The van der Waals surface area contributed by atoms with Crippen LogP contribution in [0.4, 0.5) is 4.79 Å². The summed E-state index contributed by atoms with van der Waals surface area (Å²) >= 11 is -1.66. The summed E-state index contributed by atoms with van der Waals surface area (Å²) in [5.74, 6) is 0.716. The Bertz CT molecular complexity index is 1840. The van der Waals surface area contributed by atoms with Crippen LogP contribution in [0.3, 0.4) is 0 Å². The normalized spacial score (nSPS) is 22.6. The van der Waals surface area contributed by atoms with E-state index in [0.717, 1.165) is 65.8 Å². The summed E-state index contributed by atoms with van der Waals surface area (Å²) < 4.78 is 24.6. The number of rotatable bonds is 8. The number of hydrogen-bond donors (Lipinski definition) is 2. The number of piperazine rings is 1. The Balaban J connectivity index is 1.29. The smallest absolute Gasteiger partial charge is 0.318 e. The zero-order valence-corrected chi connectivity index (χ0v) is 30.6. The number of benzene rings is 2. The highest BCUT2D eigenvalue weighted by Crippen LogP contribution is 2.60. The molecule has 1 saturated heterocycles. The number of methoxy groups -OCH3 is 1. The van der Waals surface area contributed by atoms with Crippen LogP contribution in [-0.4, -0.2) is 119 Å². The van der Waals surface area contributed by atoms with Gasteiger partial charge in [0.2, 0.25) is 5.91 Å². The number of carbonyl (C=O) groups is 3. The summed E-state index contributed by atoms with van der Waals surface area (Å²) in [6, 6.07) is 11.8. The Hall–Kier alpha value is -3.94. The van der Waals surface area contributed by atoms with Gasteiger partial charge in [0.15, 0.2) is 11.2 Å². The van der Waals surface area contributed by atoms with Crippen molar-refractivity contribution < 1.29 is 23.3 Å². The molecular weight excluding hydrogens is 655 g/mol. The van der Waals surface area contributed by atoms with Gasteiger partial charge in [0.05, 0.1) is 18.3 Å². The molecule has 13 heteroatoms. The second-order valence-electron chi connectivity index (χ2n) is 14.7. The molecule has 12 nitrogen and oxygen atoms in total. The molecule has 2 saturated carbocycles. The molecule has 3 atom stereocenters. The lowest BCUT2D eigenvalue weighted by Crippen LogP contribution is -2.53. The van der Waals surface area contributed by atoms with Crippen molar-refractivity contribution in [1.29, 1.82) is 0 Å². The Morgan fingerprint density at radius 2 is 1.74 bits per heavy atom. The van der Waals surface area contributed by atoms with E-state index >= 15 is 0 Å². The van der Waals surface area contributed by atoms with Gasteiger partial charge in [-0.1, -0.05) is 25.3 Å². The fraction of sp³-hybridized carbons (Fsp3) is 0.541. The fourth-order valence-electron chi connectivity index (χ4n) is 8.26. The largest absolute Gasteiger partial charge is 0.497 e. The van der Waals surface area contributed by atoms with Gasteiger partial charge < -0.3 is 29.3 Å². The van der Waals surface area contributed by atoms with E-state index in [1.54, 1.807) is 28.3 Å². The third kappa shape index (κ3) is 6.39. The van der Waals surface area contributed by atoms with Gasteiger partial charge in [-0.25, -0.2) is 13.3 Å². The molecule has 3 aromatic rings. The maximum absolute atomic E-state index is 13.9. The molecule has 2 aliphatic heterocycles. The molecule has 0 radical (unpaired) electrons. The van der Waals surface area contributed by atoms with E-state index in [2.05, 4.69) is 31.6 Å². The molecule has 4 aliphatic rings. The predicted molar refractivity (Wildman–Crippen MR) is 194 cm³/mol. The average molecular weight is 704 g/mol. The number of hydrogen-bond acceptors (Lipinski definition) is 6. The lowest BCUT2D eigenvalue weighted by molar-refractivity contribution is -0.133. The molecule has 3 heterocycles. The van der Waals surface area contributed by atoms with Crippen LogP contribution in [0.15, 0.2) is 36.4 Å². The van der Waals surface area contributed by atoms with Crippen LogP contribution < -0.4 is 14.8 Å². The first-order valence-corrected chi connectivity index (χ1v) is 18.8. The van der Waals surface area contributed by atoms with Gasteiger partial charge in [-0.15, -0.1) is 0 Å². The third-order valence-electron chi connectivity index (χ3n) is 11.2. The molecule has 4 amide bonds. The maximum atomic E-state index is 13.9. The van der Waals surface area contributed by atoms with E-state index in [-0.39, 0.29) is 24.4 Å². The highest BCUT2D eigenvalue weighted by atomic mass is 32.2. The van der Waals surface area contributed by atoms with E-state index in [1.165, 1.54) is 34.0 Å². The summed E-state index contributed by atoms with van der Waals surface area (Å²) in [5.41, 5.74) is 5.44. The Kier molecular flexibility index (Phi) is 9.42. The van der Waals surface area contributed by atoms with Crippen molar-refractivity contribution in [3.05, 3.63) is 53.1 Å². The Labute approximate surface area is 296 Å². The molecule has 2 aliphatic carbocycles. The van der Waals surface area contributed by atoms with Crippen molar-refractivity contribution in [2.24, 2.45) is 0 Å². The number of nitrogens with one attached hydrogen (secondary N) is 2. The average Bonchev–Trinajstić information content (AvgIpc) is 3.75. The highest BCUT2D eigenvalue weighted by molar-refractivity contribution is 7.81. The molecular formula is C37H49N7O5S. The van der Waals surface area contributed by atoms with Crippen LogP contribution in [0, 0.1) is 0 Å². The summed E-state index contributed by atoms with van der Waals surface area (Å²) in [6.07, 6.45) is 6.50. The van der Waals surface area contributed by atoms with Gasteiger partial charge >= 0.3 is 6.03 Å². The highest BCUT2D eigenvalue weighted by Gasteiger charge is 2.59. The van der Waals surface area contributed by atoms with Crippen LogP contribution in [0.1, 0.15) is 71.8 Å². The molecule has 7 rings (SSSR count). The Morgan fingerprint density at radius 1 is 1.00 bits per heavy atom. The number of amides is 4. The lowest BCUT2D eigenvalue weighted by Gasteiger charge is -2.33. The maximum Gasteiger partial charge on any atom is 0.318 e. The van der Waals surface area contributed by atoms with Crippen LogP contribution >= 0.6 is 0 Å². The molecule has 0 bridgehead atoms. The number of carbonyl (C=O) groups excluding carboxylic acids is 3. The van der Waals surface area contributed by atoms with Crippen molar-refractivity contribution in [2.75, 3.05) is 68.0 Å². The van der Waals surface area contributed by atoms with E-state index in [9.17, 15) is 18.6 Å². The first kappa shape index (κ1) is 34.5. The second-order valence-corrected chi connectivity index (χ2v) is 16.2. The first-order chi connectivity index (χ1) is 24.0. The lowest BCUT2D eigenvalue weighted by atomic mass is 9.81. The van der Waals surface area contributed by atoms with E-state index < -0.39 is 22.6 Å². The fourth-order valence-corrected chi connectivity index (χ4v) is 8.72. The Morgan fingerprint density at radius 3 is 2.44 bits per heavy atom. The van der Waals surface area contributed by atoms with E-state index in [0.29, 0.717) is 31.1 Å². The standard InChI is InChI=1S/C37H49N7O5S/c1-40(2)50(48)39-35(46)25-11-13-28-31(19-25)44-23-37(38-36(47)42(4)22-32(45)43-17-15-41(3)16-18-43)21-30(37)29-20-26(49-5)12-14-27(29)34(44)33(28)24-9-7-6-8-10-24/h11-14,19-20,24,30H,6-10,15-18,21-23H2,1-5H3,(H,38,47)(H,39,46). The molecule has 268 valence electrons. The van der Waals surface area contributed by atoms with E-state index in [1.807, 2.05) is 36.2 Å². The summed E-state index contributed by atoms with van der Waals surface area (Å²) in [7, 11) is 8.70. The number of ether oxygens (including phenoxy) is 1. The van der Waals surface area contributed by atoms with Crippen molar-refractivity contribution in [1.82, 2.24) is 33.6 Å². The van der Waals surface area contributed by atoms with Crippen molar-refractivity contribution >= 4 is 39.9 Å². The minimum atomic E-state index is -1.66. The van der Waals surface area contributed by atoms with Crippen LogP contribution in [0.25, 0.3) is 22.2 Å². The van der Waals surface area contributed by atoms with E-state index in [4.69, 9.17) is 4.74 Å². The number of likely N-dealkylation sites (N-methyl/N-ethyl adjacent to an activating group) is 2. The number of urea groups is 1. The minimum Gasteiger partial charge on any atom is -0.497 e. The van der Waals surface area contributed by atoms with Crippen LogP contribution in [-0.2, 0) is 22.5 Å². The summed E-state index contributed by atoms with van der Waals surface area (Å²) in [4.78, 5) is 45.9.